The number of hydrogen-bond acceptors (Lipinski definition) is 4. The molecule has 2 N–H and O–H groups in total. The van der Waals surface area contributed by atoms with Gasteiger partial charge in [-0.05, 0) is 156 Å². The Morgan fingerprint density at radius 2 is 1.17 bits per heavy atom. The molecule has 70 heavy (non-hydrogen) atoms. The molecule has 10 heteroatoms. The van der Waals surface area contributed by atoms with Gasteiger partial charge in [0.05, 0.1) is 33.5 Å². The summed E-state index contributed by atoms with van der Waals surface area (Å²) in [5.74, 6) is -0.517. The van der Waals surface area contributed by atoms with Gasteiger partial charge in [0.1, 0.15) is 0 Å². The predicted octanol–water partition coefficient (Wildman–Crippen LogP) is 13.3. The molecular formula is C60H66N6O4. The average molecular weight is 935 g/mol. The number of carboxylic acids is 2. The minimum Gasteiger partial charge on any atom is -0.478 e. The lowest BCUT2D eigenvalue weighted by Crippen LogP contribution is -2.36. The molecule has 2 aliphatic carbocycles. The average Bonchev–Trinajstić information content (AvgIpc) is 4.09. The van der Waals surface area contributed by atoms with E-state index in [4.69, 9.17) is 0 Å². The summed E-state index contributed by atoms with van der Waals surface area (Å²) in [6.07, 6.45) is 19.7. The SMILES string of the molecule is CN(C)Cc1cn2c3c(cccc13)-c1c(C3CCC(C4CCn5c(c(C6CCCCC6)c6ccc(C(=O)O)cc65)-c5cccc6c(CN7CCC7)cn4c56)CC3)c3ccc(C(=O)O)cc3n1CCCC2. The van der Waals surface area contributed by atoms with Gasteiger partial charge in [-0.2, -0.15) is 0 Å². The fourth-order valence-corrected chi connectivity index (χ4v) is 14.5. The summed E-state index contributed by atoms with van der Waals surface area (Å²) in [7, 11) is 4.29. The fraction of sp³-hybridized carbons (Fsp3) is 0.433. The van der Waals surface area contributed by atoms with E-state index >= 15 is 0 Å². The third-order valence-corrected chi connectivity index (χ3v) is 17.7. The monoisotopic (exact) mass is 935 g/mol. The van der Waals surface area contributed by atoms with Crippen molar-refractivity contribution in [3.8, 4) is 22.5 Å². The lowest BCUT2D eigenvalue weighted by atomic mass is 9.74. The van der Waals surface area contributed by atoms with E-state index in [1.807, 2.05) is 24.3 Å². The van der Waals surface area contributed by atoms with Gasteiger partial charge in [-0.1, -0.05) is 67.8 Å². The van der Waals surface area contributed by atoms with Gasteiger partial charge in [0.25, 0.3) is 0 Å². The molecule has 0 bridgehead atoms. The van der Waals surface area contributed by atoms with Crippen molar-refractivity contribution >= 4 is 55.6 Å². The first-order valence-electron chi connectivity index (χ1n) is 26.6. The van der Waals surface area contributed by atoms with Crippen molar-refractivity contribution in [3.63, 3.8) is 0 Å². The van der Waals surface area contributed by atoms with Crippen molar-refractivity contribution in [1.29, 1.82) is 0 Å². The number of aromatic nitrogens is 4. The normalized spacial score (nSPS) is 21.0. The number of aromatic carboxylic acids is 2. The smallest absolute Gasteiger partial charge is 0.335 e. The van der Waals surface area contributed by atoms with E-state index in [2.05, 4.69) is 103 Å². The minimum absolute atomic E-state index is 0.279. The Hall–Kier alpha value is -6.10. The summed E-state index contributed by atoms with van der Waals surface area (Å²) in [5.41, 5.74) is 16.3. The Morgan fingerprint density at radius 1 is 0.571 bits per heavy atom. The second-order valence-electron chi connectivity index (χ2n) is 22.1. The van der Waals surface area contributed by atoms with Crippen LogP contribution in [0.15, 0.2) is 85.2 Å². The van der Waals surface area contributed by atoms with E-state index in [-0.39, 0.29) is 6.04 Å². The number of benzene rings is 4. The summed E-state index contributed by atoms with van der Waals surface area (Å²) < 4.78 is 10.3. The number of nitrogens with zero attached hydrogens (tertiary/aromatic N) is 6. The zero-order valence-corrected chi connectivity index (χ0v) is 40.9. The number of para-hydroxylation sites is 2. The molecule has 10 nitrogen and oxygen atoms in total. The summed E-state index contributed by atoms with van der Waals surface area (Å²) >= 11 is 0. The van der Waals surface area contributed by atoms with Crippen molar-refractivity contribution in [2.75, 3.05) is 27.2 Å². The number of carbonyl (C=O) groups is 2. The molecule has 0 spiro atoms. The molecule has 2 saturated carbocycles. The van der Waals surface area contributed by atoms with Gasteiger partial charge in [0.2, 0.25) is 0 Å². The highest BCUT2D eigenvalue weighted by atomic mass is 16.4. The lowest BCUT2D eigenvalue weighted by Gasteiger charge is -2.37. The molecule has 1 unspecified atom stereocenters. The molecule has 5 aliphatic rings. The van der Waals surface area contributed by atoms with Crippen molar-refractivity contribution in [1.82, 2.24) is 28.1 Å². The topological polar surface area (TPSA) is 101 Å². The van der Waals surface area contributed by atoms with Crippen LogP contribution < -0.4 is 0 Å². The number of aryl methyl sites for hydroxylation is 3. The van der Waals surface area contributed by atoms with Gasteiger partial charge in [-0.3, -0.25) is 4.90 Å². The number of fused-ring (bicyclic) bond motifs is 8. The Labute approximate surface area is 410 Å². The molecule has 0 radical (unpaired) electrons. The molecule has 13 rings (SSSR count). The molecule has 4 aromatic carbocycles. The maximum Gasteiger partial charge on any atom is 0.335 e. The van der Waals surface area contributed by atoms with Crippen molar-refractivity contribution in [3.05, 3.63) is 119 Å². The van der Waals surface area contributed by atoms with Gasteiger partial charge in [-0.25, -0.2) is 9.59 Å². The lowest BCUT2D eigenvalue weighted by molar-refractivity contribution is 0.0686. The summed E-state index contributed by atoms with van der Waals surface area (Å²) in [6.45, 7) is 6.80. The van der Waals surface area contributed by atoms with Crippen LogP contribution in [-0.4, -0.2) is 77.4 Å². The quantitative estimate of drug-likeness (QED) is 0.150. The largest absolute Gasteiger partial charge is 0.478 e. The molecular weight excluding hydrogens is 869 g/mol. The number of carboxylic acid groups (broad SMARTS) is 2. The predicted molar refractivity (Wildman–Crippen MR) is 280 cm³/mol. The minimum atomic E-state index is -0.882. The molecule has 4 aromatic heterocycles. The summed E-state index contributed by atoms with van der Waals surface area (Å²) in [6, 6.07) is 26.0. The molecule has 1 saturated heterocycles. The Bertz CT molecular complexity index is 3380. The molecule has 3 fully saturated rings. The van der Waals surface area contributed by atoms with Crippen LogP contribution in [0.5, 0.6) is 0 Å². The molecule has 7 heterocycles. The zero-order chi connectivity index (χ0) is 47.4. The third kappa shape index (κ3) is 7.09. The van der Waals surface area contributed by atoms with Gasteiger partial charge in [0.15, 0.2) is 0 Å². The number of likely N-dealkylation sites (tertiary alicyclic amines) is 1. The third-order valence-electron chi connectivity index (χ3n) is 17.7. The van der Waals surface area contributed by atoms with E-state index in [0.717, 1.165) is 102 Å². The van der Waals surface area contributed by atoms with Gasteiger partial charge in [0, 0.05) is 94.9 Å². The maximum atomic E-state index is 12.6. The second kappa shape index (κ2) is 17.3. The van der Waals surface area contributed by atoms with Crippen LogP contribution in [0.4, 0.5) is 0 Å². The first-order valence-corrected chi connectivity index (χ1v) is 26.6. The van der Waals surface area contributed by atoms with E-state index < -0.39 is 11.9 Å². The van der Waals surface area contributed by atoms with Gasteiger partial charge in [-0.15, -0.1) is 0 Å². The summed E-state index contributed by atoms with van der Waals surface area (Å²) in [5, 5.41) is 25.7. The highest BCUT2D eigenvalue weighted by molar-refractivity contribution is 6.05. The van der Waals surface area contributed by atoms with E-state index in [1.165, 1.54) is 116 Å². The van der Waals surface area contributed by atoms with Crippen LogP contribution in [0.25, 0.3) is 66.1 Å². The standard InChI is InChI=1S/C60H66N6O4/c1-61(2)33-42-35-63-28-6-7-29-64-51-31-40(59(67)68)21-23-46(51)54(57(64)48-15-8-13-44(42)55(48)63)39-19-17-37(18-20-39)50-25-30-65-52-32-41(60(69)70)22-24-47(52)53(38-11-4-3-5-12-38)58(65)49-16-9-14-45-43(34-62-26-10-27-62)36-66(50)56(45)49/h8-9,13-16,21-24,31-32,35-39,50H,3-7,10-12,17-20,25-30,33-34H2,1-2H3,(H,67,68)(H,69,70). The molecule has 0 amide bonds. The second-order valence-corrected chi connectivity index (χ2v) is 22.1. The van der Waals surface area contributed by atoms with Gasteiger partial charge >= 0.3 is 11.9 Å². The Morgan fingerprint density at radius 3 is 1.79 bits per heavy atom. The summed E-state index contributed by atoms with van der Waals surface area (Å²) in [4.78, 5) is 30.0. The van der Waals surface area contributed by atoms with E-state index in [0.29, 0.717) is 28.9 Å². The Kier molecular flexibility index (Phi) is 10.9. The molecule has 3 aliphatic heterocycles. The van der Waals surface area contributed by atoms with Crippen LogP contribution in [0, 0.1) is 5.92 Å². The van der Waals surface area contributed by atoms with Crippen molar-refractivity contribution < 1.29 is 19.8 Å². The molecule has 1 atom stereocenters. The molecule has 360 valence electrons. The first kappa shape index (κ1) is 43.9. The first-order chi connectivity index (χ1) is 34.2. The van der Waals surface area contributed by atoms with Crippen LogP contribution >= 0.6 is 0 Å². The molecule has 8 aromatic rings. The number of hydrogen-bond donors (Lipinski definition) is 2. The fourth-order valence-electron chi connectivity index (χ4n) is 14.5. The van der Waals surface area contributed by atoms with Gasteiger partial charge < -0.3 is 33.4 Å². The Balaban J connectivity index is 0.934. The van der Waals surface area contributed by atoms with Crippen LogP contribution in [0.1, 0.15) is 144 Å². The maximum absolute atomic E-state index is 12.6. The van der Waals surface area contributed by atoms with E-state index in [1.54, 1.807) is 0 Å². The van der Waals surface area contributed by atoms with Crippen LogP contribution in [0.3, 0.4) is 0 Å². The van der Waals surface area contributed by atoms with E-state index in [9.17, 15) is 19.8 Å². The highest BCUT2D eigenvalue weighted by Crippen LogP contribution is 2.53. The number of rotatable bonds is 9. The van der Waals surface area contributed by atoms with Crippen LogP contribution in [0.2, 0.25) is 0 Å². The van der Waals surface area contributed by atoms with Crippen molar-refractivity contribution in [2.24, 2.45) is 5.92 Å². The highest BCUT2D eigenvalue weighted by Gasteiger charge is 2.38. The zero-order valence-electron chi connectivity index (χ0n) is 40.9. The van der Waals surface area contributed by atoms with Crippen LogP contribution in [-0.2, 0) is 32.7 Å². The van der Waals surface area contributed by atoms with Crippen molar-refractivity contribution in [2.45, 2.75) is 134 Å².